The highest BCUT2D eigenvalue weighted by Crippen LogP contribution is 2.53. The number of ether oxygens (including phenoxy) is 1. The molecule has 6 nitrogen and oxygen atoms in total. The number of carbonyl (C=O) groups is 1. The zero-order valence-corrected chi connectivity index (χ0v) is 18.7. The summed E-state index contributed by atoms with van der Waals surface area (Å²) in [5.41, 5.74) is 0.943. The van der Waals surface area contributed by atoms with Gasteiger partial charge >= 0.3 is 6.36 Å². The molecule has 1 aromatic carbocycles. The number of aromatic nitrogens is 2. The minimum Gasteiger partial charge on any atom is -0.406 e. The van der Waals surface area contributed by atoms with Crippen LogP contribution in [0, 0.1) is 17.8 Å². The quantitative estimate of drug-likeness (QED) is 0.622. The summed E-state index contributed by atoms with van der Waals surface area (Å²) in [5.74, 6) is 1.16. The molecule has 2 aromatic rings. The molecule has 0 radical (unpaired) electrons. The molecule has 5 rings (SSSR count). The first-order valence-corrected chi connectivity index (χ1v) is 11.6. The van der Waals surface area contributed by atoms with Crippen molar-refractivity contribution in [2.24, 2.45) is 24.8 Å². The zero-order chi connectivity index (χ0) is 23.2. The molecule has 0 spiro atoms. The van der Waals surface area contributed by atoms with Gasteiger partial charge in [0, 0.05) is 45.5 Å². The molecule has 1 saturated heterocycles. The Morgan fingerprint density at radius 1 is 1.21 bits per heavy atom. The van der Waals surface area contributed by atoms with Crippen molar-refractivity contribution in [3.05, 3.63) is 48.0 Å². The number of imidazole rings is 1. The Hall–Kier alpha value is -2.55. The molecule has 1 aliphatic heterocycles. The number of rotatable bonds is 7. The maximum absolute atomic E-state index is 13.3. The van der Waals surface area contributed by atoms with Crippen molar-refractivity contribution >= 4 is 5.91 Å². The Morgan fingerprint density at radius 2 is 1.94 bits per heavy atom. The van der Waals surface area contributed by atoms with Crippen molar-refractivity contribution in [2.45, 2.75) is 44.6 Å². The topological polar surface area (TPSA) is 50.6 Å². The van der Waals surface area contributed by atoms with Crippen LogP contribution in [0.3, 0.4) is 0 Å². The smallest absolute Gasteiger partial charge is 0.406 e. The number of benzene rings is 1. The van der Waals surface area contributed by atoms with Crippen molar-refractivity contribution in [2.75, 3.05) is 19.6 Å². The summed E-state index contributed by atoms with van der Waals surface area (Å²) in [4.78, 5) is 21.8. The Labute approximate surface area is 191 Å². The largest absolute Gasteiger partial charge is 0.573 e. The number of aryl methyl sites for hydroxylation is 1. The van der Waals surface area contributed by atoms with Crippen LogP contribution < -0.4 is 4.74 Å². The van der Waals surface area contributed by atoms with Gasteiger partial charge in [-0.1, -0.05) is 25.0 Å². The number of carbonyl (C=O) groups excluding carboxylic acids is 1. The Kier molecular flexibility index (Phi) is 5.84. The molecule has 9 heteroatoms. The van der Waals surface area contributed by atoms with Crippen LogP contribution in [-0.2, 0) is 13.6 Å². The summed E-state index contributed by atoms with van der Waals surface area (Å²) in [6.45, 7) is 3.00. The molecule has 1 amide bonds. The first-order chi connectivity index (χ1) is 15.8. The van der Waals surface area contributed by atoms with Gasteiger partial charge < -0.3 is 14.2 Å². The summed E-state index contributed by atoms with van der Waals surface area (Å²) >= 11 is 0. The van der Waals surface area contributed by atoms with E-state index in [1.54, 1.807) is 35.1 Å². The fourth-order valence-corrected chi connectivity index (χ4v) is 5.74. The predicted octanol–water partition coefficient (Wildman–Crippen LogP) is 4.08. The molecule has 3 fully saturated rings. The van der Waals surface area contributed by atoms with Crippen LogP contribution in [0.2, 0.25) is 0 Å². The number of likely N-dealkylation sites (tertiary alicyclic amines) is 1. The molecular weight excluding hydrogens is 433 g/mol. The van der Waals surface area contributed by atoms with E-state index in [-0.39, 0.29) is 18.2 Å². The van der Waals surface area contributed by atoms with E-state index in [0.717, 1.165) is 19.1 Å². The predicted molar refractivity (Wildman–Crippen MR) is 115 cm³/mol. The van der Waals surface area contributed by atoms with Gasteiger partial charge in [-0.2, -0.15) is 0 Å². The Balaban J connectivity index is 1.28. The molecule has 0 bridgehead atoms. The van der Waals surface area contributed by atoms with Crippen LogP contribution in [0.5, 0.6) is 5.75 Å². The van der Waals surface area contributed by atoms with E-state index in [0.29, 0.717) is 35.6 Å². The number of hydrogen-bond donors (Lipinski definition) is 0. The third-order valence-electron chi connectivity index (χ3n) is 7.39. The van der Waals surface area contributed by atoms with Crippen LogP contribution in [-0.4, -0.2) is 57.3 Å². The van der Waals surface area contributed by atoms with E-state index in [1.807, 2.05) is 0 Å². The summed E-state index contributed by atoms with van der Waals surface area (Å²) in [7, 11) is 1.80. The lowest BCUT2D eigenvalue weighted by molar-refractivity contribution is -0.274. The van der Waals surface area contributed by atoms with Crippen molar-refractivity contribution in [1.29, 1.82) is 0 Å². The SMILES string of the molecule is Cn1cnc(C(=O)N(Cc2cccc(OC(F)(F)F)c2)CC2C3CN(C4CCCC4)CC23)c1. The van der Waals surface area contributed by atoms with Crippen LogP contribution in [0.25, 0.3) is 0 Å². The minimum absolute atomic E-state index is 0.199. The second-order valence-corrected chi connectivity index (χ2v) is 9.69. The minimum atomic E-state index is -4.75. The van der Waals surface area contributed by atoms with E-state index in [2.05, 4.69) is 14.6 Å². The average molecular weight is 463 g/mol. The molecule has 2 atom stereocenters. The molecule has 2 heterocycles. The van der Waals surface area contributed by atoms with Gasteiger partial charge in [0.25, 0.3) is 5.91 Å². The number of amides is 1. The number of nitrogens with zero attached hydrogens (tertiary/aromatic N) is 4. The van der Waals surface area contributed by atoms with Crippen molar-refractivity contribution < 1.29 is 22.7 Å². The van der Waals surface area contributed by atoms with E-state index >= 15 is 0 Å². The molecule has 2 aliphatic carbocycles. The fraction of sp³-hybridized carbons (Fsp3) is 0.583. The Morgan fingerprint density at radius 3 is 2.58 bits per heavy atom. The summed E-state index contributed by atoms with van der Waals surface area (Å²) < 4.78 is 43.7. The van der Waals surface area contributed by atoms with Gasteiger partial charge in [-0.3, -0.25) is 9.69 Å². The molecular formula is C24H29F3N4O2. The third kappa shape index (κ3) is 5.03. The highest BCUT2D eigenvalue weighted by Gasteiger charge is 2.57. The molecule has 33 heavy (non-hydrogen) atoms. The van der Waals surface area contributed by atoms with Gasteiger partial charge in [-0.15, -0.1) is 13.2 Å². The van der Waals surface area contributed by atoms with Gasteiger partial charge in [-0.05, 0) is 48.3 Å². The first-order valence-electron chi connectivity index (χ1n) is 11.6. The number of piperidine rings is 1. The van der Waals surface area contributed by atoms with Gasteiger partial charge in [0.2, 0.25) is 0 Å². The van der Waals surface area contributed by atoms with Gasteiger partial charge in [-0.25, -0.2) is 4.98 Å². The lowest BCUT2D eigenvalue weighted by Crippen LogP contribution is -2.37. The monoisotopic (exact) mass is 462 g/mol. The van der Waals surface area contributed by atoms with Crippen molar-refractivity contribution in [3.63, 3.8) is 0 Å². The normalized spacial score (nSPS) is 25.3. The summed E-state index contributed by atoms with van der Waals surface area (Å²) in [6, 6.07) is 6.58. The standard InChI is InChI=1S/C24H29F3N4O2/c1-29-14-22(28-15-29)23(32)31(10-16-5-4-8-18(9-16)33-24(25,26)27)13-21-19-11-30(12-20(19)21)17-6-2-3-7-17/h4-5,8-9,14-15,17,19-21H,2-3,6-7,10-13H2,1H3. The van der Waals surface area contributed by atoms with Crippen LogP contribution in [0.1, 0.15) is 41.7 Å². The van der Waals surface area contributed by atoms with Gasteiger partial charge in [0.15, 0.2) is 0 Å². The van der Waals surface area contributed by atoms with Crippen LogP contribution >= 0.6 is 0 Å². The number of fused-ring (bicyclic) bond motifs is 1. The number of alkyl halides is 3. The van der Waals surface area contributed by atoms with Crippen LogP contribution in [0.4, 0.5) is 13.2 Å². The molecule has 2 saturated carbocycles. The van der Waals surface area contributed by atoms with Crippen molar-refractivity contribution in [3.8, 4) is 5.75 Å². The number of halogens is 3. The molecule has 2 unspecified atom stereocenters. The zero-order valence-electron chi connectivity index (χ0n) is 18.7. The van der Waals surface area contributed by atoms with Crippen molar-refractivity contribution in [1.82, 2.24) is 19.4 Å². The second-order valence-electron chi connectivity index (χ2n) is 9.69. The molecule has 178 valence electrons. The van der Waals surface area contributed by atoms with E-state index < -0.39 is 6.36 Å². The second kappa shape index (κ2) is 8.66. The highest BCUT2D eigenvalue weighted by molar-refractivity contribution is 5.92. The lowest BCUT2D eigenvalue weighted by Gasteiger charge is -2.28. The molecule has 3 aliphatic rings. The first kappa shape index (κ1) is 22.3. The maximum Gasteiger partial charge on any atom is 0.573 e. The fourth-order valence-electron chi connectivity index (χ4n) is 5.74. The van der Waals surface area contributed by atoms with E-state index in [9.17, 15) is 18.0 Å². The summed E-state index contributed by atoms with van der Waals surface area (Å²) in [6.07, 6.45) is 3.74. The summed E-state index contributed by atoms with van der Waals surface area (Å²) in [5, 5.41) is 0. The number of hydrogen-bond acceptors (Lipinski definition) is 4. The van der Waals surface area contributed by atoms with Gasteiger partial charge in [0.05, 0.1) is 6.33 Å². The third-order valence-corrected chi connectivity index (χ3v) is 7.39. The lowest BCUT2D eigenvalue weighted by atomic mass is 10.1. The van der Waals surface area contributed by atoms with Crippen LogP contribution in [0.15, 0.2) is 36.8 Å². The average Bonchev–Trinajstić information content (AvgIpc) is 3.27. The molecule has 1 aromatic heterocycles. The highest BCUT2D eigenvalue weighted by atomic mass is 19.4. The molecule has 0 N–H and O–H groups in total. The van der Waals surface area contributed by atoms with Gasteiger partial charge in [0.1, 0.15) is 11.4 Å². The van der Waals surface area contributed by atoms with E-state index in [1.165, 1.54) is 43.9 Å². The Bertz CT molecular complexity index is 990. The van der Waals surface area contributed by atoms with E-state index in [4.69, 9.17) is 0 Å². The maximum atomic E-state index is 13.3.